The van der Waals surface area contributed by atoms with E-state index >= 15 is 0 Å². The topological polar surface area (TPSA) is 26.0 Å². The molecule has 1 aliphatic rings. The molecule has 1 nitrogen and oxygen atoms in total. The molecule has 2 aromatic rings. The smallest absolute Gasteiger partial charge is 0.0686 e. The van der Waals surface area contributed by atoms with Crippen molar-refractivity contribution < 1.29 is 0 Å². The molecule has 0 spiro atoms. The molecule has 3 heteroatoms. The fourth-order valence-electron chi connectivity index (χ4n) is 1.87. The molecule has 2 heterocycles. The molecule has 12 heavy (non-hydrogen) atoms. The lowest BCUT2D eigenvalue weighted by Crippen LogP contribution is -1.77. The molecule has 62 valence electrons. The van der Waals surface area contributed by atoms with E-state index in [1.807, 2.05) is 22.7 Å². The summed E-state index contributed by atoms with van der Waals surface area (Å²) in [7, 11) is 0. The lowest BCUT2D eigenvalue weighted by atomic mass is 10.2. The quantitative estimate of drug-likeness (QED) is 0.687. The molecule has 1 aliphatic carbocycles. The van der Waals surface area contributed by atoms with Crippen LogP contribution in [0.4, 0.5) is 5.69 Å². The van der Waals surface area contributed by atoms with Crippen molar-refractivity contribution in [2.45, 2.75) is 19.3 Å². The van der Waals surface area contributed by atoms with Crippen LogP contribution < -0.4 is 5.73 Å². The molecule has 0 saturated heterocycles. The van der Waals surface area contributed by atoms with Gasteiger partial charge in [0.1, 0.15) is 0 Å². The Balaban J connectivity index is 2.44. The zero-order valence-corrected chi connectivity index (χ0v) is 8.23. The summed E-state index contributed by atoms with van der Waals surface area (Å²) in [6.45, 7) is 0. The van der Waals surface area contributed by atoms with Gasteiger partial charge >= 0.3 is 0 Å². The first-order chi connectivity index (χ1) is 5.86. The summed E-state index contributed by atoms with van der Waals surface area (Å²) in [6.07, 6.45) is 3.89. The lowest BCUT2D eigenvalue weighted by Gasteiger charge is -1.84. The number of nitrogen functional groups attached to an aromatic ring is 1. The van der Waals surface area contributed by atoms with Gasteiger partial charge in [0.25, 0.3) is 0 Å². The molecule has 3 rings (SSSR count). The number of rotatable bonds is 0. The Morgan fingerprint density at radius 3 is 3.08 bits per heavy atom. The van der Waals surface area contributed by atoms with Crippen LogP contribution in [-0.2, 0) is 12.8 Å². The number of fused-ring (bicyclic) bond motifs is 3. The van der Waals surface area contributed by atoms with Crippen LogP contribution in [0.5, 0.6) is 0 Å². The second-order valence-corrected chi connectivity index (χ2v) is 5.19. The van der Waals surface area contributed by atoms with E-state index in [1.165, 1.54) is 28.7 Å². The molecular formula is C9H9NS2. The van der Waals surface area contributed by atoms with Crippen LogP contribution >= 0.6 is 22.7 Å². The van der Waals surface area contributed by atoms with Gasteiger partial charge in [0.15, 0.2) is 0 Å². The van der Waals surface area contributed by atoms with E-state index < -0.39 is 0 Å². The maximum absolute atomic E-state index is 5.86. The van der Waals surface area contributed by atoms with Gasteiger partial charge in [-0.3, -0.25) is 0 Å². The molecule has 0 unspecified atom stereocenters. The van der Waals surface area contributed by atoms with Crippen LogP contribution in [-0.4, -0.2) is 0 Å². The normalized spacial score (nSPS) is 15.7. The second kappa shape index (κ2) is 2.24. The first-order valence-corrected chi connectivity index (χ1v) is 5.83. The highest BCUT2D eigenvalue weighted by Crippen LogP contribution is 2.43. The highest BCUT2D eigenvalue weighted by molar-refractivity contribution is 7.28. The Kier molecular flexibility index (Phi) is 1.29. The summed E-state index contributed by atoms with van der Waals surface area (Å²) >= 11 is 3.72. The molecule has 0 bridgehead atoms. The SMILES string of the molecule is Nc1csc2c3c(sc12)CCC3. The van der Waals surface area contributed by atoms with Crippen LogP contribution in [0.3, 0.4) is 0 Å². The summed E-state index contributed by atoms with van der Waals surface area (Å²) in [5.41, 5.74) is 8.43. The van der Waals surface area contributed by atoms with Crippen LogP contribution in [0.2, 0.25) is 0 Å². The molecule has 2 aromatic heterocycles. The Hall–Kier alpha value is -0.540. The standard InChI is InChI=1S/C9H9NS2/c10-6-4-11-8-5-2-1-3-7(5)12-9(6)8/h4H,1-3,10H2. The third-order valence-electron chi connectivity index (χ3n) is 2.44. The minimum atomic E-state index is 0.981. The summed E-state index contributed by atoms with van der Waals surface area (Å²) in [5.74, 6) is 0. The van der Waals surface area contributed by atoms with Gasteiger partial charge < -0.3 is 5.73 Å². The summed E-state index contributed by atoms with van der Waals surface area (Å²) in [6, 6.07) is 0. The molecule has 0 radical (unpaired) electrons. The van der Waals surface area contributed by atoms with E-state index in [9.17, 15) is 0 Å². The zero-order chi connectivity index (χ0) is 8.13. The minimum Gasteiger partial charge on any atom is -0.397 e. The van der Waals surface area contributed by atoms with Gasteiger partial charge in [-0.15, -0.1) is 22.7 Å². The van der Waals surface area contributed by atoms with Crippen molar-refractivity contribution >= 4 is 37.8 Å². The van der Waals surface area contributed by atoms with Crippen molar-refractivity contribution in [2.24, 2.45) is 0 Å². The summed E-state index contributed by atoms with van der Waals surface area (Å²) < 4.78 is 2.80. The van der Waals surface area contributed by atoms with Gasteiger partial charge in [-0.2, -0.15) is 0 Å². The molecule has 0 aromatic carbocycles. The van der Waals surface area contributed by atoms with Crippen LogP contribution in [0, 0.1) is 0 Å². The number of hydrogen-bond donors (Lipinski definition) is 1. The predicted molar refractivity (Wildman–Crippen MR) is 56.1 cm³/mol. The molecule has 0 fully saturated rings. The van der Waals surface area contributed by atoms with Crippen molar-refractivity contribution in [3.8, 4) is 0 Å². The maximum atomic E-state index is 5.86. The first kappa shape index (κ1) is 6.92. The van der Waals surface area contributed by atoms with E-state index in [-0.39, 0.29) is 0 Å². The first-order valence-electron chi connectivity index (χ1n) is 4.13. The largest absolute Gasteiger partial charge is 0.397 e. The number of thiophene rings is 2. The van der Waals surface area contributed by atoms with E-state index in [2.05, 4.69) is 5.38 Å². The number of nitrogens with two attached hydrogens (primary N) is 1. The van der Waals surface area contributed by atoms with Gasteiger partial charge in [0, 0.05) is 10.3 Å². The number of anilines is 1. The monoisotopic (exact) mass is 195 g/mol. The minimum absolute atomic E-state index is 0.981. The summed E-state index contributed by atoms with van der Waals surface area (Å²) in [5, 5.41) is 2.07. The molecular weight excluding hydrogens is 186 g/mol. The van der Waals surface area contributed by atoms with Crippen LogP contribution in [0.25, 0.3) is 9.40 Å². The fourth-order valence-corrected chi connectivity index (χ4v) is 4.44. The third-order valence-corrected chi connectivity index (χ3v) is 4.97. The van der Waals surface area contributed by atoms with Gasteiger partial charge in [-0.05, 0) is 24.8 Å². The van der Waals surface area contributed by atoms with Gasteiger partial charge in [-0.25, -0.2) is 0 Å². The van der Waals surface area contributed by atoms with Crippen molar-refractivity contribution in [1.29, 1.82) is 0 Å². The molecule has 0 aliphatic heterocycles. The van der Waals surface area contributed by atoms with E-state index in [4.69, 9.17) is 5.73 Å². The summed E-state index contributed by atoms with van der Waals surface area (Å²) in [4.78, 5) is 1.59. The van der Waals surface area contributed by atoms with Gasteiger partial charge in [0.05, 0.1) is 15.1 Å². The Morgan fingerprint density at radius 1 is 1.25 bits per heavy atom. The van der Waals surface area contributed by atoms with Crippen molar-refractivity contribution in [3.05, 3.63) is 15.8 Å². The second-order valence-electron chi connectivity index (χ2n) is 3.21. The Labute approximate surface area is 78.8 Å². The van der Waals surface area contributed by atoms with Crippen molar-refractivity contribution in [2.75, 3.05) is 5.73 Å². The Bertz CT molecular complexity index is 438. The molecule has 0 saturated carbocycles. The molecule has 0 amide bonds. The van der Waals surface area contributed by atoms with E-state index in [0.29, 0.717) is 0 Å². The molecule has 0 atom stereocenters. The predicted octanol–water partition coefficient (Wildman–Crippen LogP) is 3.03. The van der Waals surface area contributed by atoms with Crippen molar-refractivity contribution in [3.63, 3.8) is 0 Å². The Morgan fingerprint density at radius 2 is 2.17 bits per heavy atom. The number of hydrogen-bond acceptors (Lipinski definition) is 3. The average molecular weight is 195 g/mol. The average Bonchev–Trinajstić information content (AvgIpc) is 2.63. The highest BCUT2D eigenvalue weighted by atomic mass is 32.1. The van der Waals surface area contributed by atoms with Gasteiger partial charge in [-0.1, -0.05) is 0 Å². The fraction of sp³-hybridized carbons (Fsp3) is 0.333. The molecule has 2 N–H and O–H groups in total. The van der Waals surface area contributed by atoms with Gasteiger partial charge in [0.2, 0.25) is 0 Å². The van der Waals surface area contributed by atoms with E-state index in [0.717, 1.165) is 5.69 Å². The van der Waals surface area contributed by atoms with Crippen LogP contribution in [0.15, 0.2) is 5.38 Å². The zero-order valence-electron chi connectivity index (χ0n) is 6.59. The lowest BCUT2D eigenvalue weighted by molar-refractivity contribution is 0.918. The maximum Gasteiger partial charge on any atom is 0.0686 e. The van der Waals surface area contributed by atoms with Crippen LogP contribution in [0.1, 0.15) is 16.9 Å². The van der Waals surface area contributed by atoms with Crippen molar-refractivity contribution in [1.82, 2.24) is 0 Å². The third kappa shape index (κ3) is 0.730. The van der Waals surface area contributed by atoms with E-state index in [1.54, 1.807) is 10.4 Å². The number of aryl methyl sites for hydroxylation is 2. The highest BCUT2D eigenvalue weighted by Gasteiger charge is 2.19.